The van der Waals surface area contributed by atoms with E-state index in [1.807, 2.05) is 18.2 Å². The van der Waals surface area contributed by atoms with E-state index in [9.17, 15) is 9.59 Å². The van der Waals surface area contributed by atoms with Crippen LogP contribution in [0.15, 0.2) is 42.7 Å². The molecule has 37 heavy (non-hydrogen) atoms. The highest BCUT2D eigenvalue weighted by Gasteiger charge is 2.23. The number of likely N-dealkylation sites (tertiary alicyclic amines) is 1. The van der Waals surface area contributed by atoms with Gasteiger partial charge >= 0.3 is 0 Å². The number of carbonyl (C=O) groups excluding carboxylic acids is 2. The predicted octanol–water partition coefficient (Wildman–Crippen LogP) is 3.02. The summed E-state index contributed by atoms with van der Waals surface area (Å²) < 4.78 is 1.52. The molecule has 1 unspecified atom stereocenters. The second-order valence-electron chi connectivity index (χ2n) is 10.2. The van der Waals surface area contributed by atoms with Gasteiger partial charge in [0, 0.05) is 44.6 Å². The molecule has 5 rings (SSSR count). The van der Waals surface area contributed by atoms with Crippen molar-refractivity contribution in [3.63, 3.8) is 0 Å². The number of nitrogens with zero attached hydrogens (tertiary/aromatic N) is 5. The first kappa shape index (κ1) is 24.9. The number of aryl methyl sites for hydroxylation is 1. The van der Waals surface area contributed by atoms with Crippen LogP contribution in [0.4, 0.5) is 11.5 Å². The molecule has 2 aliphatic rings. The average Bonchev–Trinajstić information content (AvgIpc) is 3.67. The third-order valence-corrected chi connectivity index (χ3v) is 6.87. The van der Waals surface area contributed by atoms with Crippen molar-refractivity contribution in [3.8, 4) is 11.3 Å². The number of carbonyl (C=O) groups is 2. The number of anilines is 2. The van der Waals surface area contributed by atoms with Gasteiger partial charge in [0.1, 0.15) is 11.5 Å². The normalized spacial score (nSPS) is 17.8. The van der Waals surface area contributed by atoms with Crippen LogP contribution < -0.4 is 16.0 Å². The second kappa shape index (κ2) is 11.1. The predicted molar refractivity (Wildman–Crippen MR) is 142 cm³/mol. The lowest BCUT2D eigenvalue weighted by Crippen LogP contribution is -2.39. The van der Waals surface area contributed by atoms with Crippen molar-refractivity contribution in [1.29, 1.82) is 0 Å². The van der Waals surface area contributed by atoms with Gasteiger partial charge in [0.15, 0.2) is 5.69 Å². The Morgan fingerprint density at radius 3 is 2.73 bits per heavy atom. The van der Waals surface area contributed by atoms with Crippen LogP contribution in [0.1, 0.15) is 46.7 Å². The van der Waals surface area contributed by atoms with Crippen LogP contribution in [0.5, 0.6) is 0 Å². The molecule has 0 bridgehead atoms. The minimum Gasteiger partial charge on any atom is -0.370 e. The number of piperidine rings is 1. The lowest BCUT2D eigenvalue weighted by Gasteiger charge is -2.29. The monoisotopic (exact) mass is 502 g/mol. The molecule has 0 aromatic carbocycles. The molecule has 2 amide bonds. The minimum atomic E-state index is -0.404. The van der Waals surface area contributed by atoms with E-state index in [1.54, 1.807) is 31.6 Å². The summed E-state index contributed by atoms with van der Waals surface area (Å²) in [6, 6.07) is 9.14. The van der Waals surface area contributed by atoms with Crippen LogP contribution in [0.2, 0.25) is 0 Å². The highest BCUT2D eigenvalue weighted by Crippen LogP contribution is 2.29. The molecular weight excluding hydrogens is 468 g/mol. The lowest BCUT2D eigenvalue weighted by molar-refractivity contribution is 0.0932. The molecule has 1 aliphatic carbocycles. The molecule has 10 heteroatoms. The molecule has 3 N–H and O–H groups in total. The van der Waals surface area contributed by atoms with E-state index in [0.717, 1.165) is 49.8 Å². The third kappa shape index (κ3) is 6.51. The summed E-state index contributed by atoms with van der Waals surface area (Å²) in [5.74, 6) is 1.25. The Labute approximate surface area is 216 Å². The van der Waals surface area contributed by atoms with E-state index in [2.05, 4.69) is 43.0 Å². The molecule has 1 atom stereocenters. The zero-order valence-corrected chi connectivity index (χ0v) is 21.4. The summed E-state index contributed by atoms with van der Waals surface area (Å²) in [7, 11) is 3.82. The molecule has 10 nitrogen and oxygen atoms in total. The van der Waals surface area contributed by atoms with Crippen molar-refractivity contribution in [1.82, 2.24) is 30.0 Å². The summed E-state index contributed by atoms with van der Waals surface area (Å²) >= 11 is 0. The van der Waals surface area contributed by atoms with Crippen LogP contribution in [-0.4, -0.2) is 69.7 Å². The van der Waals surface area contributed by atoms with Crippen LogP contribution in [0, 0.1) is 11.8 Å². The number of aromatic nitrogens is 4. The molecule has 1 saturated carbocycles. The zero-order chi connectivity index (χ0) is 25.8. The number of amides is 2. The van der Waals surface area contributed by atoms with Crippen molar-refractivity contribution >= 4 is 23.3 Å². The summed E-state index contributed by atoms with van der Waals surface area (Å²) in [4.78, 5) is 37.3. The maximum Gasteiger partial charge on any atom is 0.274 e. The summed E-state index contributed by atoms with van der Waals surface area (Å²) in [5.41, 5.74) is 2.34. The molecule has 1 saturated heterocycles. The SMILES string of the molecule is CN1CCCC(CNC(=O)c2nn(C)cc2NC(=O)c2cccc(-c3ccnc(NCC4CC4)c3)n2)C1. The van der Waals surface area contributed by atoms with Gasteiger partial charge in [-0.1, -0.05) is 6.07 Å². The van der Waals surface area contributed by atoms with E-state index >= 15 is 0 Å². The van der Waals surface area contributed by atoms with Gasteiger partial charge in [-0.05, 0) is 75.4 Å². The molecular formula is C27H34N8O2. The van der Waals surface area contributed by atoms with E-state index in [-0.39, 0.29) is 17.3 Å². The summed E-state index contributed by atoms with van der Waals surface area (Å²) in [6.45, 7) is 3.56. The van der Waals surface area contributed by atoms with Gasteiger partial charge in [-0.25, -0.2) is 9.97 Å². The van der Waals surface area contributed by atoms with Crippen LogP contribution in [-0.2, 0) is 7.05 Å². The van der Waals surface area contributed by atoms with Crippen LogP contribution in [0.25, 0.3) is 11.3 Å². The molecule has 3 aromatic rings. The Bertz CT molecular complexity index is 1270. The number of hydrogen-bond acceptors (Lipinski definition) is 7. The van der Waals surface area contributed by atoms with Crippen molar-refractivity contribution in [2.45, 2.75) is 25.7 Å². The van der Waals surface area contributed by atoms with Gasteiger partial charge in [0.2, 0.25) is 0 Å². The highest BCUT2D eigenvalue weighted by molar-refractivity contribution is 6.07. The smallest absolute Gasteiger partial charge is 0.274 e. The first-order chi connectivity index (χ1) is 17.9. The quantitative estimate of drug-likeness (QED) is 0.412. The van der Waals surface area contributed by atoms with Crippen molar-refractivity contribution in [2.24, 2.45) is 18.9 Å². The molecule has 194 valence electrons. The van der Waals surface area contributed by atoms with Gasteiger partial charge < -0.3 is 20.9 Å². The van der Waals surface area contributed by atoms with Gasteiger partial charge in [-0.15, -0.1) is 0 Å². The van der Waals surface area contributed by atoms with Crippen molar-refractivity contribution in [3.05, 3.63) is 54.1 Å². The second-order valence-corrected chi connectivity index (χ2v) is 10.2. The number of hydrogen-bond donors (Lipinski definition) is 3. The van der Waals surface area contributed by atoms with E-state index < -0.39 is 5.91 Å². The third-order valence-electron chi connectivity index (χ3n) is 6.87. The molecule has 2 fully saturated rings. The fourth-order valence-corrected chi connectivity index (χ4v) is 4.67. The molecule has 0 spiro atoms. The summed E-state index contributed by atoms with van der Waals surface area (Å²) in [5, 5.41) is 13.5. The minimum absolute atomic E-state index is 0.191. The Balaban J connectivity index is 1.25. The van der Waals surface area contributed by atoms with Gasteiger partial charge in [-0.3, -0.25) is 14.3 Å². The molecule has 0 radical (unpaired) electrons. The Morgan fingerprint density at radius 1 is 1.05 bits per heavy atom. The van der Waals surface area contributed by atoms with E-state index in [4.69, 9.17) is 0 Å². The Hall–Kier alpha value is -3.79. The Kier molecular flexibility index (Phi) is 7.45. The number of rotatable bonds is 9. The van der Waals surface area contributed by atoms with Crippen molar-refractivity contribution in [2.75, 3.05) is 43.9 Å². The van der Waals surface area contributed by atoms with Crippen LogP contribution in [0.3, 0.4) is 0 Å². The fraction of sp³-hybridized carbons (Fsp3) is 0.444. The number of pyridine rings is 2. The average molecular weight is 503 g/mol. The maximum atomic E-state index is 13.1. The van der Waals surface area contributed by atoms with E-state index in [1.165, 1.54) is 17.5 Å². The first-order valence-corrected chi connectivity index (χ1v) is 12.9. The maximum absolute atomic E-state index is 13.1. The Morgan fingerprint density at radius 2 is 1.92 bits per heavy atom. The molecule has 3 aromatic heterocycles. The standard InChI is InChI=1S/C27H34N8O2/c1-34-12-4-5-19(16-34)15-30-27(37)25-23(17-35(2)33-25)32-26(36)22-7-3-6-21(31-22)20-10-11-28-24(13-20)29-14-18-8-9-18/h3,6-7,10-11,13,17-19H,4-5,8-9,12,14-16H2,1-2H3,(H,28,29)(H,30,37)(H,32,36). The van der Waals surface area contributed by atoms with Gasteiger partial charge in [0.05, 0.1) is 11.4 Å². The van der Waals surface area contributed by atoms with Gasteiger partial charge in [-0.2, -0.15) is 5.10 Å². The lowest BCUT2D eigenvalue weighted by atomic mass is 9.98. The van der Waals surface area contributed by atoms with E-state index in [0.29, 0.717) is 23.8 Å². The largest absolute Gasteiger partial charge is 0.370 e. The molecule has 1 aliphatic heterocycles. The fourth-order valence-electron chi connectivity index (χ4n) is 4.67. The van der Waals surface area contributed by atoms with Crippen LogP contribution >= 0.6 is 0 Å². The topological polar surface area (TPSA) is 117 Å². The zero-order valence-electron chi connectivity index (χ0n) is 21.4. The highest BCUT2D eigenvalue weighted by atomic mass is 16.2. The summed E-state index contributed by atoms with van der Waals surface area (Å²) in [6.07, 6.45) is 8.13. The van der Waals surface area contributed by atoms with Crippen molar-refractivity contribution < 1.29 is 9.59 Å². The van der Waals surface area contributed by atoms with Gasteiger partial charge in [0.25, 0.3) is 11.8 Å². The molecule has 4 heterocycles. The first-order valence-electron chi connectivity index (χ1n) is 12.9. The number of nitrogens with one attached hydrogen (secondary N) is 3.